The number of hydrogen-bond acceptors (Lipinski definition) is 2. The van der Waals surface area contributed by atoms with Crippen LogP contribution in [0.1, 0.15) is 15.9 Å². The Morgan fingerprint density at radius 3 is 2.53 bits per heavy atom. The molecule has 2 aromatic rings. The summed E-state index contributed by atoms with van der Waals surface area (Å²) in [5.74, 6) is 0.819. The molecule has 0 aliphatic heterocycles. The van der Waals surface area contributed by atoms with E-state index in [1.807, 2.05) is 50.3 Å². The Morgan fingerprint density at radius 1 is 1.12 bits per heavy atom. The molecule has 0 aromatic heterocycles. The number of hydrogen-bond donors (Lipinski definition) is 0. The summed E-state index contributed by atoms with van der Waals surface area (Å²) in [6.45, 7) is 0.544. The minimum atomic E-state index is 0.544. The van der Waals surface area contributed by atoms with Crippen molar-refractivity contribution in [3.8, 4) is 5.75 Å². The van der Waals surface area contributed by atoms with Crippen LogP contribution in [-0.2, 0) is 6.61 Å². The van der Waals surface area contributed by atoms with Crippen molar-refractivity contribution in [2.45, 2.75) is 6.61 Å². The van der Waals surface area contributed by atoms with E-state index >= 15 is 0 Å². The van der Waals surface area contributed by atoms with Gasteiger partial charge in [0.15, 0.2) is 0 Å². The second-order valence-corrected chi connectivity index (χ2v) is 3.92. The number of benzene rings is 2. The van der Waals surface area contributed by atoms with E-state index in [0.717, 1.165) is 23.1 Å². The fraction of sp³-hybridized carbons (Fsp3) is 0.0714. The van der Waals surface area contributed by atoms with E-state index in [-0.39, 0.29) is 0 Å². The molecule has 2 nitrogen and oxygen atoms in total. The van der Waals surface area contributed by atoms with Crippen molar-refractivity contribution in [3.63, 3.8) is 0 Å². The first-order valence-electron chi connectivity index (χ1n) is 5.52. The van der Waals surface area contributed by atoms with Crippen LogP contribution >= 0.6 is 0 Å². The van der Waals surface area contributed by atoms with Crippen LogP contribution in [0.15, 0.2) is 48.5 Å². The van der Waals surface area contributed by atoms with E-state index in [0.29, 0.717) is 12.2 Å². The summed E-state index contributed by atoms with van der Waals surface area (Å²) in [7, 11) is 1.94. The molecule has 0 bridgehead atoms. The predicted octanol–water partition coefficient (Wildman–Crippen LogP) is 1.34. The lowest BCUT2D eigenvalue weighted by Crippen LogP contribution is -2.10. The molecule has 2 aromatic carbocycles. The summed E-state index contributed by atoms with van der Waals surface area (Å²) in [6, 6.07) is 15.4. The first-order valence-corrected chi connectivity index (χ1v) is 5.52. The van der Waals surface area contributed by atoms with Crippen LogP contribution in [0.5, 0.6) is 5.75 Å². The lowest BCUT2D eigenvalue weighted by Gasteiger charge is -2.09. The first kappa shape index (κ1) is 11.5. The molecule has 0 saturated carbocycles. The molecule has 0 radical (unpaired) electrons. The zero-order valence-electron chi connectivity index (χ0n) is 9.72. The highest BCUT2D eigenvalue weighted by Crippen LogP contribution is 2.10. The molecule has 0 heterocycles. The molecule has 84 valence electrons. The maximum atomic E-state index is 10.6. The van der Waals surface area contributed by atoms with Gasteiger partial charge in [0.05, 0.1) is 0 Å². The quantitative estimate of drug-likeness (QED) is 0.578. The summed E-state index contributed by atoms with van der Waals surface area (Å²) in [4.78, 5) is 10.6. The Balaban J connectivity index is 2.07. The highest BCUT2D eigenvalue weighted by atomic mass is 16.5. The van der Waals surface area contributed by atoms with Gasteiger partial charge in [-0.1, -0.05) is 36.4 Å². The van der Waals surface area contributed by atoms with Gasteiger partial charge in [0.1, 0.15) is 26.5 Å². The average molecular weight is 224 g/mol. The van der Waals surface area contributed by atoms with Gasteiger partial charge in [0.2, 0.25) is 0 Å². The van der Waals surface area contributed by atoms with Gasteiger partial charge in [0, 0.05) is 5.56 Å². The fourth-order valence-electron chi connectivity index (χ4n) is 1.64. The molecule has 0 N–H and O–H groups in total. The van der Waals surface area contributed by atoms with Crippen molar-refractivity contribution >= 4 is 19.6 Å². The van der Waals surface area contributed by atoms with Gasteiger partial charge in [-0.3, -0.25) is 4.79 Å². The van der Waals surface area contributed by atoms with Gasteiger partial charge in [-0.25, -0.2) is 0 Å². The maximum absolute atomic E-state index is 10.6. The SMILES string of the molecule is Bc1cc(C=O)ccc1OCc1ccccc1. The van der Waals surface area contributed by atoms with E-state index in [4.69, 9.17) is 4.74 Å². The molecular formula is C14H13BO2. The average Bonchev–Trinajstić information content (AvgIpc) is 2.38. The Kier molecular flexibility index (Phi) is 3.60. The second-order valence-electron chi connectivity index (χ2n) is 3.92. The van der Waals surface area contributed by atoms with Gasteiger partial charge in [-0.2, -0.15) is 0 Å². The van der Waals surface area contributed by atoms with Gasteiger partial charge in [-0.15, -0.1) is 0 Å². The summed E-state index contributed by atoms with van der Waals surface area (Å²) < 4.78 is 5.71. The highest BCUT2D eigenvalue weighted by molar-refractivity contribution is 6.34. The zero-order valence-corrected chi connectivity index (χ0v) is 9.72. The summed E-state index contributed by atoms with van der Waals surface area (Å²) in [6.07, 6.45) is 0.841. The molecule has 0 aliphatic rings. The molecule has 0 aliphatic carbocycles. The van der Waals surface area contributed by atoms with E-state index in [9.17, 15) is 4.79 Å². The standard InChI is InChI=1S/C14H13BO2/c15-13-8-12(9-16)6-7-14(13)17-10-11-4-2-1-3-5-11/h1-9H,10,15H2. The van der Waals surface area contributed by atoms with Crippen LogP contribution in [0, 0.1) is 0 Å². The third kappa shape index (κ3) is 2.97. The van der Waals surface area contributed by atoms with E-state index < -0.39 is 0 Å². The first-order chi connectivity index (χ1) is 8.29. The predicted molar refractivity (Wildman–Crippen MR) is 70.8 cm³/mol. The monoisotopic (exact) mass is 224 g/mol. The van der Waals surface area contributed by atoms with Crippen LogP contribution < -0.4 is 10.2 Å². The number of carbonyl (C=O) groups excluding carboxylic acids is 1. The molecule has 0 amide bonds. The minimum Gasteiger partial charge on any atom is -0.490 e. The number of ether oxygens (including phenoxy) is 1. The van der Waals surface area contributed by atoms with Gasteiger partial charge < -0.3 is 4.74 Å². The third-order valence-electron chi connectivity index (χ3n) is 2.57. The summed E-state index contributed by atoms with van der Waals surface area (Å²) in [5.41, 5.74) is 2.78. The Bertz CT molecular complexity index is 509. The zero-order chi connectivity index (χ0) is 12.1. The molecule has 17 heavy (non-hydrogen) atoms. The van der Waals surface area contributed by atoms with Crippen LogP contribution in [0.25, 0.3) is 0 Å². The van der Waals surface area contributed by atoms with Crippen LogP contribution in [0.3, 0.4) is 0 Å². The Morgan fingerprint density at radius 2 is 1.88 bits per heavy atom. The van der Waals surface area contributed by atoms with Gasteiger partial charge in [0.25, 0.3) is 0 Å². The third-order valence-corrected chi connectivity index (χ3v) is 2.57. The lowest BCUT2D eigenvalue weighted by atomic mass is 9.93. The highest BCUT2D eigenvalue weighted by Gasteiger charge is 2.01. The van der Waals surface area contributed by atoms with Crippen molar-refractivity contribution in [2.24, 2.45) is 0 Å². The molecule has 0 saturated heterocycles. The summed E-state index contributed by atoms with van der Waals surface area (Å²) in [5, 5.41) is 0. The van der Waals surface area contributed by atoms with Crippen LogP contribution in [0.4, 0.5) is 0 Å². The van der Waals surface area contributed by atoms with E-state index in [2.05, 4.69) is 0 Å². The molecule has 0 fully saturated rings. The number of rotatable bonds is 4. The van der Waals surface area contributed by atoms with Crippen molar-refractivity contribution in [1.82, 2.24) is 0 Å². The topological polar surface area (TPSA) is 26.3 Å². The molecule has 2 rings (SSSR count). The normalized spacial score (nSPS) is 9.88. The number of aldehydes is 1. The van der Waals surface area contributed by atoms with Crippen molar-refractivity contribution in [3.05, 3.63) is 59.7 Å². The Hall–Kier alpha value is -2.03. The van der Waals surface area contributed by atoms with E-state index in [1.165, 1.54) is 0 Å². The molecular weight excluding hydrogens is 211 g/mol. The van der Waals surface area contributed by atoms with Crippen molar-refractivity contribution in [2.75, 3.05) is 0 Å². The second kappa shape index (κ2) is 5.35. The lowest BCUT2D eigenvalue weighted by molar-refractivity contribution is 0.112. The Labute approximate surface area is 102 Å². The van der Waals surface area contributed by atoms with E-state index in [1.54, 1.807) is 6.07 Å². The van der Waals surface area contributed by atoms with Gasteiger partial charge >= 0.3 is 0 Å². The summed E-state index contributed by atoms with van der Waals surface area (Å²) >= 11 is 0. The van der Waals surface area contributed by atoms with Crippen LogP contribution in [-0.4, -0.2) is 14.1 Å². The molecule has 3 heteroatoms. The van der Waals surface area contributed by atoms with Gasteiger partial charge in [-0.05, 0) is 23.2 Å². The minimum absolute atomic E-state index is 0.544. The van der Waals surface area contributed by atoms with Crippen LogP contribution in [0.2, 0.25) is 0 Å². The fourth-order valence-corrected chi connectivity index (χ4v) is 1.64. The molecule has 0 spiro atoms. The van der Waals surface area contributed by atoms with Crippen molar-refractivity contribution in [1.29, 1.82) is 0 Å². The maximum Gasteiger partial charge on any atom is 0.150 e. The molecule has 0 atom stereocenters. The number of carbonyl (C=O) groups is 1. The smallest absolute Gasteiger partial charge is 0.150 e. The van der Waals surface area contributed by atoms with Crippen molar-refractivity contribution < 1.29 is 9.53 Å². The largest absolute Gasteiger partial charge is 0.490 e. The molecule has 0 unspecified atom stereocenters.